The Labute approximate surface area is 267 Å². The molecule has 2 heteroatoms. The van der Waals surface area contributed by atoms with Crippen LogP contribution in [-0.2, 0) is 5.41 Å². The van der Waals surface area contributed by atoms with E-state index in [2.05, 4.69) is 170 Å². The summed E-state index contributed by atoms with van der Waals surface area (Å²) in [6.07, 6.45) is 0. The van der Waals surface area contributed by atoms with Gasteiger partial charge in [0.25, 0.3) is 0 Å². The summed E-state index contributed by atoms with van der Waals surface area (Å²) < 4.78 is 2.75. The van der Waals surface area contributed by atoms with Gasteiger partial charge in [-0.3, -0.25) is 0 Å². The van der Waals surface area contributed by atoms with Crippen LogP contribution in [0.25, 0.3) is 53.2 Å². The molecule has 1 nitrogen and oxygen atoms in total. The van der Waals surface area contributed by atoms with Crippen molar-refractivity contribution in [3.8, 4) is 22.3 Å². The van der Waals surface area contributed by atoms with Crippen molar-refractivity contribution in [1.29, 1.82) is 0 Å². The molecule has 7 aromatic carbocycles. The highest BCUT2D eigenvalue weighted by molar-refractivity contribution is 7.27. The Bertz CT molecular complexity index is 2390. The van der Waals surface area contributed by atoms with Gasteiger partial charge in [0.1, 0.15) is 0 Å². The highest BCUT2D eigenvalue weighted by atomic mass is 32.1. The van der Waals surface area contributed by atoms with Crippen LogP contribution < -0.4 is 4.90 Å². The first-order chi connectivity index (χ1) is 22.1. The molecule has 0 saturated heterocycles. The topological polar surface area (TPSA) is 3.24 Å². The van der Waals surface area contributed by atoms with Gasteiger partial charge in [0, 0.05) is 47.9 Å². The summed E-state index contributed by atoms with van der Waals surface area (Å²) in [5, 5.41) is 5.16. The van der Waals surface area contributed by atoms with E-state index in [1.54, 1.807) is 0 Å². The highest BCUT2D eigenvalue weighted by Gasteiger charge is 2.36. The average molecular weight is 594 g/mol. The predicted octanol–water partition coefficient (Wildman–Crippen LogP) is 12.7. The van der Waals surface area contributed by atoms with Gasteiger partial charge < -0.3 is 4.90 Å². The van der Waals surface area contributed by atoms with Crippen LogP contribution >= 0.6 is 11.3 Å². The monoisotopic (exact) mass is 593 g/mol. The molecule has 0 N–H and O–H groups in total. The van der Waals surface area contributed by atoms with Gasteiger partial charge in [-0.25, -0.2) is 0 Å². The number of nitrogens with zero attached hydrogens (tertiary/aromatic N) is 1. The number of benzene rings is 7. The van der Waals surface area contributed by atoms with Gasteiger partial charge in [-0.2, -0.15) is 0 Å². The van der Waals surface area contributed by atoms with Crippen LogP contribution in [0.2, 0.25) is 0 Å². The van der Waals surface area contributed by atoms with E-state index >= 15 is 0 Å². The lowest BCUT2D eigenvalue weighted by Crippen LogP contribution is -2.14. The maximum Gasteiger partial charge on any atom is 0.0540 e. The lowest BCUT2D eigenvalue weighted by Gasteiger charge is -2.27. The van der Waals surface area contributed by atoms with Crippen LogP contribution in [-0.4, -0.2) is 0 Å². The molecular formula is C43H31NS. The van der Waals surface area contributed by atoms with Crippen molar-refractivity contribution in [2.24, 2.45) is 0 Å². The zero-order valence-electron chi connectivity index (χ0n) is 25.3. The van der Waals surface area contributed by atoms with Crippen LogP contribution in [0.4, 0.5) is 17.1 Å². The third-order valence-corrected chi connectivity index (χ3v) is 10.9. The molecule has 45 heavy (non-hydrogen) atoms. The third-order valence-electron chi connectivity index (χ3n) is 9.67. The van der Waals surface area contributed by atoms with E-state index < -0.39 is 0 Å². The number of hydrogen-bond donors (Lipinski definition) is 0. The van der Waals surface area contributed by atoms with Crippen LogP contribution in [0, 0.1) is 0 Å². The Hall–Kier alpha value is -5.18. The average Bonchev–Trinajstić information content (AvgIpc) is 3.58. The Morgan fingerprint density at radius 2 is 1.11 bits per heavy atom. The Balaban J connectivity index is 1.19. The molecule has 0 aliphatic heterocycles. The number of para-hydroxylation sites is 1. The number of rotatable bonds is 4. The molecule has 0 spiro atoms. The van der Waals surface area contributed by atoms with E-state index in [-0.39, 0.29) is 5.41 Å². The molecule has 1 aliphatic rings. The lowest BCUT2D eigenvalue weighted by molar-refractivity contribution is 0.661. The fourth-order valence-electron chi connectivity index (χ4n) is 7.47. The first kappa shape index (κ1) is 26.2. The van der Waals surface area contributed by atoms with Gasteiger partial charge in [-0.15, -0.1) is 11.3 Å². The van der Waals surface area contributed by atoms with Crippen molar-refractivity contribution in [3.05, 3.63) is 163 Å². The van der Waals surface area contributed by atoms with Gasteiger partial charge in [0.05, 0.1) is 5.69 Å². The minimum Gasteiger partial charge on any atom is -0.310 e. The van der Waals surface area contributed by atoms with E-state index in [1.165, 1.54) is 70.0 Å². The second-order valence-corrected chi connectivity index (χ2v) is 13.6. The van der Waals surface area contributed by atoms with Crippen molar-refractivity contribution < 1.29 is 0 Å². The Kier molecular flexibility index (Phi) is 5.78. The molecule has 214 valence electrons. The highest BCUT2D eigenvalue weighted by Crippen LogP contribution is 2.54. The quantitative estimate of drug-likeness (QED) is 0.196. The van der Waals surface area contributed by atoms with Crippen molar-refractivity contribution >= 4 is 59.3 Å². The molecule has 0 unspecified atom stereocenters. The maximum atomic E-state index is 2.37. The first-order valence-corrected chi connectivity index (χ1v) is 16.4. The molecule has 0 atom stereocenters. The summed E-state index contributed by atoms with van der Waals surface area (Å²) in [5.41, 5.74) is 11.7. The minimum absolute atomic E-state index is 0.00363. The van der Waals surface area contributed by atoms with Crippen LogP contribution in [0.3, 0.4) is 0 Å². The van der Waals surface area contributed by atoms with Gasteiger partial charge in [-0.05, 0) is 63.5 Å². The van der Waals surface area contributed by atoms with Crippen LogP contribution in [0.15, 0.2) is 152 Å². The van der Waals surface area contributed by atoms with E-state index in [9.17, 15) is 0 Å². The van der Waals surface area contributed by atoms with Gasteiger partial charge in [0.15, 0.2) is 0 Å². The maximum absolute atomic E-state index is 2.37. The molecule has 1 aliphatic carbocycles. The first-order valence-electron chi connectivity index (χ1n) is 15.6. The van der Waals surface area contributed by atoms with E-state index in [0.29, 0.717) is 0 Å². The van der Waals surface area contributed by atoms with Crippen molar-refractivity contribution in [2.75, 3.05) is 4.90 Å². The number of thiophene rings is 1. The summed E-state index contributed by atoms with van der Waals surface area (Å²) in [6.45, 7) is 4.72. The number of anilines is 3. The molecule has 8 aromatic rings. The fourth-order valence-corrected chi connectivity index (χ4v) is 8.86. The summed E-state index contributed by atoms with van der Waals surface area (Å²) in [7, 11) is 0. The van der Waals surface area contributed by atoms with Crippen molar-refractivity contribution in [1.82, 2.24) is 0 Å². The smallest absolute Gasteiger partial charge is 0.0540 e. The largest absolute Gasteiger partial charge is 0.310 e. The summed E-state index contributed by atoms with van der Waals surface area (Å²) in [4.78, 5) is 2.37. The van der Waals surface area contributed by atoms with Crippen LogP contribution in [0.1, 0.15) is 25.0 Å². The normalized spacial score (nSPS) is 13.3. The molecule has 0 radical (unpaired) electrons. The minimum atomic E-state index is 0.00363. The lowest BCUT2D eigenvalue weighted by atomic mass is 9.82. The molecular weight excluding hydrogens is 563 g/mol. The predicted molar refractivity (Wildman–Crippen MR) is 195 cm³/mol. The Morgan fingerprint density at radius 3 is 1.98 bits per heavy atom. The molecule has 0 saturated carbocycles. The van der Waals surface area contributed by atoms with Gasteiger partial charge in [-0.1, -0.05) is 135 Å². The number of fused-ring (bicyclic) bond motifs is 8. The number of hydrogen-bond acceptors (Lipinski definition) is 2. The second kappa shape index (κ2) is 9.92. The molecule has 1 aromatic heterocycles. The molecule has 9 rings (SSSR count). The molecule has 0 bridgehead atoms. The SMILES string of the molecule is CC1(C)c2ccccc2-c2c1ccc1c2sc2c(-c3ccc(N(c4ccccc4)c4cccc5ccccc45)cc3)cccc21. The van der Waals surface area contributed by atoms with Gasteiger partial charge >= 0.3 is 0 Å². The third kappa shape index (κ3) is 3.92. The summed E-state index contributed by atoms with van der Waals surface area (Å²) >= 11 is 1.95. The van der Waals surface area contributed by atoms with Gasteiger partial charge in [0.2, 0.25) is 0 Å². The molecule has 0 amide bonds. The van der Waals surface area contributed by atoms with Crippen molar-refractivity contribution in [3.63, 3.8) is 0 Å². The summed E-state index contributed by atoms with van der Waals surface area (Å²) in [5.74, 6) is 0. The zero-order valence-corrected chi connectivity index (χ0v) is 26.1. The van der Waals surface area contributed by atoms with E-state index in [1.807, 2.05) is 11.3 Å². The molecule has 0 fully saturated rings. The van der Waals surface area contributed by atoms with Crippen molar-refractivity contribution in [2.45, 2.75) is 19.3 Å². The van der Waals surface area contributed by atoms with E-state index in [4.69, 9.17) is 0 Å². The zero-order chi connectivity index (χ0) is 30.1. The standard InChI is InChI=1S/C43H31NS/c1-43(2)37-20-9-8-17-36(37)40-38(43)27-26-35-34-19-11-18-33(41(34)45-42(35)40)29-22-24-31(25-23-29)44(30-14-4-3-5-15-30)39-21-10-13-28-12-6-7-16-32(28)39/h3-27H,1-2H3. The Morgan fingerprint density at radius 1 is 0.467 bits per heavy atom. The molecule has 1 heterocycles. The second-order valence-electron chi connectivity index (χ2n) is 12.5. The van der Waals surface area contributed by atoms with Crippen LogP contribution in [0.5, 0.6) is 0 Å². The summed E-state index contributed by atoms with van der Waals surface area (Å²) in [6, 6.07) is 55.5. The fraction of sp³-hybridized carbons (Fsp3) is 0.0698. The van der Waals surface area contributed by atoms with E-state index in [0.717, 1.165) is 11.4 Å².